The number of hydrogen-bond acceptors (Lipinski definition) is 4. The highest BCUT2D eigenvalue weighted by atomic mass is 32.1. The fourth-order valence-electron chi connectivity index (χ4n) is 1.70. The van der Waals surface area contributed by atoms with Crippen molar-refractivity contribution in [1.29, 1.82) is 0 Å². The smallest absolute Gasteiger partial charge is 0.317 e. The fourth-order valence-corrected chi connectivity index (χ4v) is 2.29. The van der Waals surface area contributed by atoms with Crippen LogP contribution in [0.4, 0.5) is 5.69 Å². The van der Waals surface area contributed by atoms with Crippen LogP contribution in [0.1, 0.15) is 16.0 Å². The van der Waals surface area contributed by atoms with Gasteiger partial charge in [0.1, 0.15) is 0 Å². The highest BCUT2D eigenvalue weighted by molar-refractivity contribution is 7.11. The van der Waals surface area contributed by atoms with Crippen LogP contribution < -0.4 is 10.7 Å². The predicted molar refractivity (Wildman–Crippen MR) is 84.6 cm³/mol. The highest BCUT2D eigenvalue weighted by Crippen LogP contribution is 2.15. The van der Waals surface area contributed by atoms with Gasteiger partial charge < -0.3 is 5.32 Å². The van der Waals surface area contributed by atoms with Crippen molar-refractivity contribution in [2.75, 3.05) is 5.32 Å². The molecular formula is C15H15N3O2S. The zero-order valence-electron chi connectivity index (χ0n) is 11.7. The van der Waals surface area contributed by atoms with E-state index in [4.69, 9.17) is 0 Å². The number of rotatable bonds is 3. The van der Waals surface area contributed by atoms with Gasteiger partial charge in [-0.2, -0.15) is 5.10 Å². The maximum atomic E-state index is 11.7. The second-order valence-corrected chi connectivity index (χ2v) is 5.47. The van der Waals surface area contributed by atoms with E-state index in [0.717, 1.165) is 16.0 Å². The van der Waals surface area contributed by atoms with E-state index in [1.165, 1.54) is 17.6 Å². The lowest BCUT2D eigenvalue weighted by molar-refractivity contribution is -0.136. The normalized spacial score (nSPS) is 10.6. The minimum absolute atomic E-state index is 0.614. The Kier molecular flexibility index (Phi) is 4.84. The predicted octanol–water partition coefficient (Wildman–Crippen LogP) is 2.45. The molecule has 0 aliphatic heterocycles. The Morgan fingerprint density at radius 2 is 2.00 bits per heavy atom. The summed E-state index contributed by atoms with van der Waals surface area (Å²) in [6, 6.07) is 9.31. The summed E-state index contributed by atoms with van der Waals surface area (Å²) in [5.41, 5.74) is 4.81. The van der Waals surface area contributed by atoms with Crippen LogP contribution in [0.25, 0.3) is 0 Å². The van der Waals surface area contributed by atoms with E-state index in [9.17, 15) is 9.59 Å². The first kappa shape index (κ1) is 14.9. The summed E-state index contributed by atoms with van der Waals surface area (Å²) in [6.07, 6.45) is 1.49. The number of nitrogens with one attached hydrogen (secondary N) is 2. The minimum Gasteiger partial charge on any atom is -0.317 e. The van der Waals surface area contributed by atoms with Gasteiger partial charge in [-0.3, -0.25) is 9.59 Å². The molecule has 2 amide bonds. The Bertz CT molecular complexity index is 678. The zero-order chi connectivity index (χ0) is 15.2. The lowest BCUT2D eigenvalue weighted by Crippen LogP contribution is -2.32. The van der Waals surface area contributed by atoms with Crippen molar-refractivity contribution in [1.82, 2.24) is 5.43 Å². The third-order valence-electron chi connectivity index (χ3n) is 2.74. The van der Waals surface area contributed by atoms with Crippen LogP contribution in [0.2, 0.25) is 0 Å². The van der Waals surface area contributed by atoms with Gasteiger partial charge in [-0.15, -0.1) is 11.3 Å². The van der Waals surface area contributed by atoms with Gasteiger partial charge >= 0.3 is 11.8 Å². The Hall–Kier alpha value is -2.47. The number of aryl methyl sites for hydroxylation is 2. The van der Waals surface area contributed by atoms with E-state index in [-0.39, 0.29) is 0 Å². The summed E-state index contributed by atoms with van der Waals surface area (Å²) < 4.78 is 0. The van der Waals surface area contributed by atoms with E-state index in [1.54, 1.807) is 6.07 Å². The molecule has 2 N–H and O–H groups in total. The molecule has 1 aromatic heterocycles. The van der Waals surface area contributed by atoms with Crippen LogP contribution in [0.5, 0.6) is 0 Å². The lowest BCUT2D eigenvalue weighted by Gasteiger charge is -2.07. The van der Waals surface area contributed by atoms with Crippen molar-refractivity contribution < 1.29 is 9.59 Å². The summed E-state index contributed by atoms with van der Waals surface area (Å²) in [6.45, 7) is 3.83. The molecule has 1 aromatic carbocycles. The van der Waals surface area contributed by atoms with E-state index in [2.05, 4.69) is 15.8 Å². The van der Waals surface area contributed by atoms with Gasteiger partial charge in [-0.1, -0.05) is 23.8 Å². The van der Waals surface area contributed by atoms with Crippen molar-refractivity contribution in [3.8, 4) is 0 Å². The fraction of sp³-hybridized carbons (Fsp3) is 0.133. The molecule has 0 saturated carbocycles. The van der Waals surface area contributed by atoms with Gasteiger partial charge in [0, 0.05) is 10.6 Å². The first-order chi connectivity index (χ1) is 10.1. The van der Waals surface area contributed by atoms with Gasteiger partial charge in [0.2, 0.25) is 0 Å². The zero-order valence-corrected chi connectivity index (χ0v) is 12.5. The molecule has 0 fully saturated rings. The topological polar surface area (TPSA) is 70.6 Å². The maximum absolute atomic E-state index is 11.7. The van der Waals surface area contributed by atoms with E-state index in [1.807, 2.05) is 43.5 Å². The second-order valence-electron chi connectivity index (χ2n) is 4.49. The summed E-state index contributed by atoms with van der Waals surface area (Å²) in [5, 5.41) is 8.20. The number of hydrogen-bond donors (Lipinski definition) is 2. The number of carbonyl (C=O) groups excluding carboxylic acids is 2. The molecule has 5 nitrogen and oxygen atoms in total. The summed E-state index contributed by atoms with van der Waals surface area (Å²) in [5.74, 6) is -1.55. The Morgan fingerprint density at radius 1 is 1.19 bits per heavy atom. The molecule has 2 rings (SSSR count). The minimum atomic E-state index is -0.803. The summed E-state index contributed by atoms with van der Waals surface area (Å²) in [4.78, 5) is 24.3. The number of thiophene rings is 1. The first-order valence-corrected chi connectivity index (χ1v) is 7.19. The third-order valence-corrected chi connectivity index (χ3v) is 3.54. The van der Waals surface area contributed by atoms with Crippen molar-refractivity contribution >= 4 is 35.1 Å². The molecular weight excluding hydrogens is 286 g/mol. The SMILES string of the molecule is Cc1ccc(NC(=O)C(=O)N/N=C/c2cccs2)c(C)c1. The molecule has 108 valence electrons. The average molecular weight is 301 g/mol. The number of carbonyl (C=O) groups is 2. The Balaban J connectivity index is 1.92. The van der Waals surface area contributed by atoms with Crippen molar-refractivity contribution in [2.24, 2.45) is 5.10 Å². The number of nitrogens with zero attached hydrogens (tertiary/aromatic N) is 1. The molecule has 0 radical (unpaired) electrons. The average Bonchev–Trinajstić information content (AvgIpc) is 2.95. The Morgan fingerprint density at radius 3 is 2.67 bits per heavy atom. The molecule has 21 heavy (non-hydrogen) atoms. The molecule has 0 atom stereocenters. The van der Waals surface area contributed by atoms with Crippen molar-refractivity contribution in [2.45, 2.75) is 13.8 Å². The lowest BCUT2D eigenvalue weighted by atomic mass is 10.1. The van der Waals surface area contributed by atoms with Crippen molar-refractivity contribution in [3.63, 3.8) is 0 Å². The molecule has 0 aliphatic carbocycles. The van der Waals surface area contributed by atoms with Gasteiger partial charge in [-0.05, 0) is 36.9 Å². The van der Waals surface area contributed by atoms with Gasteiger partial charge in [0.05, 0.1) is 6.21 Å². The summed E-state index contributed by atoms with van der Waals surface area (Å²) >= 11 is 1.49. The quantitative estimate of drug-likeness (QED) is 0.519. The second kappa shape index (κ2) is 6.81. The molecule has 0 saturated heterocycles. The Labute approximate surface area is 126 Å². The number of anilines is 1. The maximum Gasteiger partial charge on any atom is 0.329 e. The van der Waals surface area contributed by atoms with Crippen LogP contribution in [0, 0.1) is 13.8 Å². The number of hydrazone groups is 1. The van der Waals surface area contributed by atoms with E-state index >= 15 is 0 Å². The van der Waals surface area contributed by atoms with Crippen LogP contribution in [0.15, 0.2) is 40.8 Å². The highest BCUT2D eigenvalue weighted by Gasteiger charge is 2.13. The molecule has 2 aromatic rings. The van der Waals surface area contributed by atoms with E-state index < -0.39 is 11.8 Å². The van der Waals surface area contributed by atoms with E-state index in [0.29, 0.717) is 5.69 Å². The standard InChI is InChI=1S/C15H15N3O2S/c1-10-5-6-13(11(2)8-10)17-14(19)15(20)18-16-9-12-4-3-7-21-12/h3-9H,1-2H3,(H,17,19)(H,18,20)/b16-9+. The van der Waals surface area contributed by atoms with Crippen LogP contribution in [0.3, 0.4) is 0 Å². The van der Waals surface area contributed by atoms with Crippen LogP contribution in [-0.2, 0) is 9.59 Å². The molecule has 0 aliphatic rings. The van der Waals surface area contributed by atoms with Gasteiger partial charge in [-0.25, -0.2) is 5.43 Å². The monoisotopic (exact) mass is 301 g/mol. The number of amides is 2. The van der Waals surface area contributed by atoms with Crippen LogP contribution >= 0.6 is 11.3 Å². The molecule has 1 heterocycles. The summed E-state index contributed by atoms with van der Waals surface area (Å²) in [7, 11) is 0. The van der Waals surface area contributed by atoms with Gasteiger partial charge in [0.15, 0.2) is 0 Å². The molecule has 0 bridgehead atoms. The molecule has 0 unspecified atom stereocenters. The third kappa shape index (κ3) is 4.25. The van der Waals surface area contributed by atoms with Crippen molar-refractivity contribution in [3.05, 3.63) is 51.7 Å². The largest absolute Gasteiger partial charge is 0.329 e. The first-order valence-electron chi connectivity index (χ1n) is 6.31. The molecule has 6 heteroatoms. The number of benzene rings is 1. The van der Waals surface area contributed by atoms with Crippen LogP contribution in [-0.4, -0.2) is 18.0 Å². The molecule has 0 spiro atoms. The van der Waals surface area contributed by atoms with Gasteiger partial charge in [0.25, 0.3) is 0 Å².